The van der Waals surface area contributed by atoms with Crippen molar-refractivity contribution in [2.24, 2.45) is 5.73 Å². The number of nitrogens with zero attached hydrogens (tertiary/aromatic N) is 2. The summed E-state index contributed by atoms with van der Waals surface area (Å²) in [6.45, 7) is 3.73. The molecule has 0 saturated heterocycles. The smallest absolute Gasteiger partial charge is 0.273 e. The Morgan fingerprint density at radius 2 is 2.26 bits per heavy atom. The zero-order valence-electron chi connectivity index (χ0n) is 10.7. The number of hydrogen-bond donors (Lipinski definition) is 1. The van der Waals surface area contributed by atoms with Crippen molar-refractivity contribution in [3.8, 4) is 5.75 Å². The lowest BCUT2D eigenvalue weighted by molar-refractivity contribution is -0.384. The van der Waals surface area contributed by atoms with Gasteiger partial charge in [-0.3, -0.25) is 14.9 Å². The van der Waals surface area contributed by atoms with Gasteiger partial charge in [0.15, 0.2) is 11.9 Å². The number of fused-ring (bicyclic) bond motifs is 1. The summed E-state index contributed by atoms with van der Waals surface area (Å²) in [5.74, 6) is 0.140. The van der Waals surface area contributed by atoms with Crippen LogP contribution in [-0.4, -0.2) is 29.5 Å². The summed E-state index contributed by atoms with van der Waals surface area (Å²) in [7, 11) is 0. The standard InChI is InChI=1S/C12H15N3O4/c1-7(6-13)14-10-4-3-9(15(17)18)5-11(10)19-8(2)12(14)16/h3-5,7-8H,6,13H2,1-2H3. The van der Waals surface area contributed by atoms with Crippen LogP contribution < -0.4 is 15.4 Å². The fraction of sp³-hybridized carbons (Fsp3) is 0.417. The number of nitro benzene ring substituents is 1. The van der Waals surface area contributed by atoms with E-state index in [4.69, 9.17) is 10.5 Å². The molecule has 2 unspecified atom stereocenters. The first kappa shape index (κ1) is 13.3. The van der Waals surface area contributed by atoms with Crippen molar-refractivity contribution in [3.63, 3.8) is 0 Å². The molecule has 0 aromatic heterocycles. The fourth-order valence-electron chi connectivity index (χ4n) is 2.03. The van der Waals surface area contributed by atoms with Crippen molar-refractivity contribution in [3.05, 3.63) is 28.3 Å². The Labute approximate surface area is 110 Å². The van der Waals surface area contributed by atoms with Gasteiger partial charge in [0.25, 0.3) is 11.6 Å². The second-order valence-corrected chi connectivity index (χ2v) is 4.46. The maximum absolute atomic E-state index is 12.1. The minimum atomic E-state index is -0.677. The number of nitrogens with two attached hydrogens (primary N) is 1. The van der Waals surface area contributed by atoms with E-state index in [1.54, 1.807) is 6.92 Å². The molecule has 0 fully saturated rings. The van der Waals surface area contributed by atoms with Gasteiger partial charge < -0.3 is 15.4 Å². The van der Waals surface area contributed by atoms with Gasteiger partial charge in [0.05, 0.1) is 16.7 Å². The summed E-state index contributed by atoms with van der Waals surface area (Å²) in [6.07, 6.45) is -0.677. The lowest BCUT2D eigenvalue weighted by Crippen LogP contribution is -2.51. The lowest BCUT2D eigenvalue weighted by atomic mass is 10.1. The summed E-state index contributed by atoms with van der Waals surface area (Å²) in [5.41, 5.74) is 6.05. The molecule has 1 aromatic carbocycles. The fourth-order valence-corrected chi connectivity index (χ4v) is 2.03. The van der Waals surface area contributed by atoms with Crippen LogP contribution in [0.25, 0.3) is 0 Å². The predicted octanol–water partition coefficient (Wildman–Crippen LogP) is 1.06. The molecule has 0 radical (unpaired) electrons. The minimum Gasteiger partial charge on any atom is -0.478 e. The number of anilines is 1. The highest BCUT2D eigenvalue weighted by molar-refractivity contribution is 6.00. The molecule has 0 saturated carbocycles. The zero-order valence-corrected chi connectivity index (χ0v) is 10.7. The predicted molar refractivity (Wildman–Crippen MR) is 69.2 cm³/mol. The van der Waals surface area contributed by atoms with E-state index in [-0.39, 0.29) is 17.6 Å². The average molecular weight is 265 g/mol. The maximum Gasteiger partial charge on any atom is 0.273 e. The molecule has 2 atom stereocenters. The summed E-state index contributed by atoms with van der Waals surface area (Å²) in [5, 5.41) is 10.8. The van der Waals surface area contributed by atoms with E-state index in [2.05, 4.69) is 0 Å². The molecule has 7 heteroatoms. The number of hydrogen-bond acceptors (Lipinski definition) is 5. The third kappa shape index (κ3) is 2.24. The number of rotatable bonds is 3. The van der Waals surface area contributed by atoms with Crippen LogP contribution in [0.15, 0.2) is 18.2 Å². The van der Waals surface area contributed by atoms with Gasteiger partial charge >= 0.3 is 0 Å². The summed E-state index contributed by atoms with van der Waals surface area (Å²) >= 11 is 0. The van der Waals surface area contributed by atoms with Crippen LogP contribution in [0.1, 0.15) is 13.8 Å². The molecule has 1 aliphatic heterocycles. The number of nitro groups is 1. The van der Waals surface area contributed by atoms with E-state index >= 15 is 0 Å². The molecule has 2 rings (SSSR count). The Morgan fingerprint density at radius 3 is 2.84 bits per heavy atom. The highest BCUT2D eigenvalue weighted by Crippen LogP contribution is 2.37. The number of carbonyl (C=O) groups excluding carboxylic acids is 1. The number of benzene rings is 1. The Hall–Kier alpha value is -2.15. The van der Waals surface area contributed by atoms with Gasteiger partial charge in [-0.2, -0.15) is 0 Å². The van der Waals surface area contributed by atoms with Crippen molar-refractivity contribution >= 4 is 17.3 Å². The first-order chi connectivity index (χ1) is 8.95. The van der Waals surface area contributed by atoms with Crippen LogP contribution in [0.5, 0.6) is 5.75 Å². The molecule has 1 aliphatic rings. The Bertz CT molecular complexity index is 532. The molecule has 0 bridgehead atoms. The summed E-state index contributed by atoms with van der Waals surface area (Å²) in [6, 6.07) is 4.00. The Morgan fingerprint density at radius 1 is 1.58 bits per heavy atom. The van der Waals surface area contributed by atoms with E-state index in [0.717, 1.165) is 0 Å². The maximum atomic E-state index is 12.1. The topological polar surface area (TPSA) is 98.7 Å². The third-order valence-corrected chi connectivity index (χ3v) is 3.08. The van der Waals surface area contributed by atoms with E-state index in [9.17, 15) is 14.9 Å². The first-order valence-corrected chi connectivity index (χ1v) is 5.94. The summed E-state index contributed by atoms with van der Waals surface area (Å²) in [4.78, 5) is 23.9. The third-order valence-electron chi connectivity index (χ3n) is 3.08. The molecule has 1 heterocycles. The highest BCUT2D eigenvalue weighted by Gasteiger charge is 2.34. The van der Waals surface area contributed by atoms with Crippen LogP contribution in [0.3, 0.4) is 0 Å². The monoisotopic (exact) mass is 265 g/mol. The van der Waals surface area contributed by atoms with Crippen LogP contribution in [0.2, 0.25) is 0 Å². The van der Waals surface area contributed by atoms with Gasteiger partial charge in [-0.15, -0.1) is 0 Å². The van der Waals surface area contributed by atoms with Crippen molar-refractivity contribution in [1.29, 1.82) is 0 Å². The number of non-ortho nitro benzene ring substituents is 1. The van der Waals surface area contributed by atoms with Gasteiger partial charge in [0, 0.05) is 18.7 Å². The van der Waals surface area contributed by atoms with Crippen LogP contribution in [0, 0.1) is 10.1 Å². The van der Waals surface area contributed by atoms with E-state index < -0.39 is 11.0 Å². The molecule has 19 heavy (non-hydrogen) atoms. The molecule has 1 aromatic rings. The van der Waals surface area contributed by atoms with Crippen molar-refractivity contribution < 1.29 is 14.5 Å². The van der Waals surface area contributed by atoms with Gasteiger partial charge in [0.1, 0.15) is 0 Å². The largest absolute Gasteiger partial charge is 0.478 e. The molecule has 0 spiro atoms. The molecule has 2 N–H and O–H groups in total. The normalized spacial score (nSPS) is 19.6. The van der Waals surface area contributed by atoms with Gasteiger partial charge in [0.2, 0.25) is 0 Å². The van der Waals surface area contributed by atoms with Crippen molar-refractivity contribution in [2.45, 2.75) is 26.0 Å². The van der Waals surface area contributed by atoms with Crippen LogP contribution in [-0.2, 0) is 4.79 Å². The van der Waals surface area contributed by atoms with Gasteiger partial charge in [-0.25, -0.2) is 0 Å². The highest BCUT2D eigenvalue weighted by atomic mass is 16.6. The Balaban J connectivity index is 2.50. The van der Waals surface area contributed by atoms with Crippen molar-refractivity contribution in [1.82, 2.24) is 0 Å². The van der Waals surface area contributed by atoms with Gasteiger partial charge in [-0.05, 0) is 19.9 Å². The molecule has 0 aliphatic carbocycles. The molecular formula is C12H15N3O4. The van der Waals surface area contributed by atoms with Crippen molar-refractivity contribution in [2.75, 3.05) is 11.4 Å². The second kappa shape index (κ2) is 4.85. The quantitative estimate of drug-likeness (QED) is 0.650. The number of ether oxygens (including phenoxy) is 1. The van der Waals surface area contributed by atoms with Crippen LogP contribution >= 0.6 is 0 Å². The zero-order chi connectivity index (χ0) is 14.2. The molecule has 1 amide bonds. The molecular weight excluding hydrogens is 250 g/mol. The molecule has 102 valence electrons. The SMILES string of the molecule is CC1Oc2cc([N+](=O)[O-])ccc2N(C(C)CN)C1=O. The van der Waals surface area contributed by atoms with E-state index in [0.29, 0.717) is 18.0 Å². The van der Waals surface area contributed by atoms with E-state index in [1.165, 1.54) is 23.1 Å². The average Bonchev–Trinajstić information content (AvgIpc) is 2.38. The first-order valence-electron chi connectivity index (χ1n) is 5.94. The van der Waals surface area contributed by atoms with Gasteiger partial charge in [-0.1, -0.05) is 0 Å². The second-order valence-electron chi connectivity index (χ2n) is 4.46. The number of carbonyl (C=O) groups is 1. The van der Waals surface area contributed by atoms with Crippen LogP contribution in [0.4, 0.5) is 11.4 Å². The lowest BCUT2D eigenvalue weighted by Gasteiger charge is -2.36. The Kier molecular flexibility index (Phi) is 3.39. The minimum absolute atomic E-state index is 0.0688. The van der Waals surface area contributed by atoms with E-state index in [1.807, 2.05) is 6.92 Å². The summed E-state index contributed by atoms with van der Waals surface area (Å²) < 4.78 is 5.42. The molecule has 7 nitrogen and oxygen atoms in total. The number of amides is 1.